The minimum atomic E-state index is -4.76. The Hall–Kier alpha value is -1.51. The van der Waals surface area contributed by atoms with Crippen LogP contribution in [0.5, 0.6) is 0 Å². The van der Waals surface area contributed by atoms with Gasteiger partial charge in [0.25, 0.3) is 5.91 Å². The number of amides is 2. The van der Waals surface area contributed by atoms with E-state index < -0.39 is 29.7 Å². The molecular weight excluding hydrogens is 231 g/mol. The molecule has 0 heterocycles. The summed E-state index contributed by atoms with van der Waals surface area (Å²) >= 11 is 0. The van der Waals surface area contributed by atoms with Gasteiger partial charge in [0.05, 0.1) is 0 Å². The molecule has 0 aromatic carbocycles. The van der Waals surface area contributed by atoms with Crippen LogP contribution in [0, 0.1) is 5.41 Å². The van der Waals surface area contributed by atoms with Gasteiger partial charge >= 0.3 is 12.3 Å². The first-order valence-corrected chi connectivity index (χ1v) is 4.07. The van der Waals surface area contributed by atoms with Crippen molar-refractivity contribution >= 4 is 12.0 Å². The minimum Gasteiger partial charge on any atom is -0.435 e. The minimum absolute atomic E-state index is 0.690. The quantitative estimate of drug-likeness (QED) is 0.369. The number of nitrogens with one attached hydrogen (secondary N) is 1. The van der Waals surface area contributed by atoms with E-state index in [0.29, 0.717) is 13.8 Å². The fraction of sp³-hybridized carbons (Fsp3) is 0.714. The van der Waals surface area contributed by atoms with E-state index in [1.165, 1.54) is 5.43 Å². The SMILES string of the molecule is CC(C)([C@H](OC(N)=O)C(=O)NN)C(F)(F)F. The molecule has 0 radical (unpaired) electrons. The molecule has 6 nitrogen and oxygen atoms in total. The number of halogens is 3. The summed E-state index contributed by atoms with van der Waals surface area (Å²) < 4.78 is 41.9. The van der Waals surface area contributed by atoms with Crippen molar-refractivity contribution in [3.63, 3.8) is 0 Å². The highest BCUT2D eigenvalue weighted by atomic mass is 19.4. The Bertz CT molecular complexity index is 290. The third kappa shape index (κ3) is 2.99. The number of rotatable bonds is 3. The molecule has 0 bridgehead atoms. The van der Waals surface area contributed by atoms with E-state index in [1.54, 1.807) is 0 Å². The van der Waals surface area contributed by atoms with Crippen molar-refractivity contribution in [1.29, 1.82) is 0 Å². The summed E-state index contributed by atoms with van der Waals surface area (Å²) in [6.07, 6.45) is -8.40. The van der Waals surface area contributed by atoms with Gasteiger partial charge < -0.3 is 10.5 Å². The average molecular weight is 243 g/mol. The summed E-state index contributed by atoms with van der Waals surface area (Å²) in [5.41, 5.74) is 3.45. The first-order chi connectivity index (χ1) is 7.04. The molecule has 9 heteroatoms. The largest absolute Gasteiger partial charge is 0.435 e. The van der Waals surface area contributed by atoms with Crippen LogP contribution in [0.2, 0.25) is 0 Å². The van der Waals surface area contributed by atoms with Crippen molar-refractivity contribution < 1.29 is 27.5 Å². The number of primary amides is 1. The molecule has 0 aromatic rings. The molecule has 0 unspecified atom stereocenters. The number of hydrogen-bond donors (Lipinski definition) is 3. The molecular formula is C7H12F3N3O3. The number of hydrogen-bond acceptors (Lipinski definition) is 4. The zero-order valence-electron chi connectivity index (χ0n) is 8.59. The third-order valence-corrected chi connectivity index (χ3v) is 2.00. The van der Waals surface area contributed by atoms with Gasteiger partial charge in [0.15, 0.2) is 6.10 Å². The number of alkyl halides is 3. The van der Waals surface area contributed by atoms with Gasteiger partial charge in [-0.05, 0) is 13.8 Å². The Morgan fingerprint density at radius 3 is 2.00 bits per heavy atom. The van der Waals surface area contributed by atoms with Crippen molar-refractivity contribution in [3.05, 3.63) is 0 Å². The second kappa shape index (κ2) is 4.56. The monoisotopic (exact) mass is 243 g/mol. The van der Waals surface area contributed by atoms with Gasteiger partial charge in [-0.25, -0.2) is 10.6 Å². The molecule has 0 saturated heterocycles. The van der Waals surface area contributed by atoms with E-state index in [0.717, 1.165) is 0 Å². The lowest BCUT2D eigenvalue weighted by molar-refractivity contribution is -0.238. The van der Waals surface area contributed by atoms with Gasteiger partial charge in [-0.1, -0.05) is 0 Å². The van der Waals surface area contributed by atoms with Crippen molar-refractivity contribution in [3.8, 4) is 0 Å². The summed E-state index contributed by atoms with van der Waals surface area (Å²) in [4.78, 5) is 21.5. The van der Waals surface area contributed by atoms with Crippen LogP contribution in [0.3, 0.4) is 0 Å². The molecule has 0 rings (SSSR count). The Kier molecular flexibility index (Phi) is 4.13. The zero-order valence-corrected chi connectivity index (χ0v) is 8.59. The molecule has 0 aromatic heterocycles. The van der Waals surface area contributed by atoms with E-state index in [9.17, 15) is 22.8 Å². The molecule has 0 spiro atoms. The van der Waals surface area contributed by atoms with E-state index in [-0.39, 0.29) is 0 Å². The first-order valence-electron chi connectivity index (χ1n) is 4.07. The van der Waals surface area contributed by atoms with E-state index in [2.05, 4.69) is 16.3 Å². The third-order valence-electron chi connectivity index (χ3n) is 2.00. The summed E-state index contributed by atoms with van der Waals surface area (Å²) in [7, 11) is 0. The normalized spacial score (nSPS) is 14.1. The predicted octanol–water partition coefficient (Wildman–Crippen LogP) is 0.0287. The maximum Gasteiger partial charge on any atom is 0.405 e. The molecule has 2 amide bonds. The van der Waals surface area contributed by atoms with Crippen molar-refractivity contribution in [1.82, 2.24) is 5.43 Å². The highest BCUT2D eigenvalue weighted by molar-refractivity contribution is 5.83. The van der Waals surface area contributed by atoms with Gasteiger partial charge in [0, 0.05) is 0 Å². The first kappa shape index (κ1) is 14.5. The number of carbonyl (C=O) groups excluding carboxylic acids is 2. The van der Waals surface area contributed by atoms with Gasteiger partial charge in [-0.15, -0.1) is 0 Å². The Balaban J connectivity index is 5.17. The Morgan fingerprint density at radius 1 is 1.31 bits per heavy atom. The van der Waals surface area contributed by atoms with Crippen LogP contribution in [0.15, 0.2) is 0 Å². The summed E-state index contributed by atoms with van der Waals surface area (Å²) in [6.45, 7) is 1.38. The van der Waals surface area contributed by atoms with Crippen LogP contribution in [-0.2, 0) is 9.53 Å². The Labute approximate surface area is 89.1 Å². The van der Waals surface area contributed by atoms with E-state index in [1.807, 2.05) is 0 Å². The lowest BCUT2D eigenvalue weighted by Crippen LogP contribution is -2.54. The van der Waals surface area contributed by atoms with E-state index >= 15 is 0 Å². The van der Waals surface area contributed by atoms with Crippen molar-refractivity contribution in [2.75, 3.05) is 0 Å². The summed E-state index contributed by atoms with van der Waals surface area (Å²) in [5, 5.41) is 0. The maximum atomic E-state index is 12.6. The van der Waals surface area contributed by atoms with Crippen LogP contribution in [0.4, 0.5) is 18.0 Å². The lowest BCUT2D eigenvalue weighted by Gasteiger charge is -2.33. The van der Waals surface area contributed by atoms with Crippen LogP contribution >= 0.6 is 0 Å². The average Bonchev–Trinajstić information content (AvgIpc) is 2.10. The highest BCUT2D eigenvalue weighted by Crippen LogP contribution is 2.41. The van der Waals surface area contributed by atoms with E-state index in [4.69, 9.17) is 0 Å². The number of ether oxygens (including phenoxy) is 1. The topological polar surface area (TPSA) is 107 Å². The van der Waals surface area contributed by atoms with Gasteiger partial charge in [-0.2, -0.15) is 13.2 Å². The molecule has 5 N–H and O–H groups in total. The number of nitrogens with two attached hydrogens (primary N) is 2. The number of hydrazine groups is 1. The molecule has 0 saturated carbocycles. The predicted molar refractivity (Wildman–Crippen MR) is 46.6 cm³/mol. The molecule has 94 valence electrons. The molecule has 0 aliphatic carbocycles. The van der Waals surface area contributed by atoms with Crippen molar-refractivity contribution in [2.24, 2.45) is 17.0 Å². The highest BCUT2D eigenvalue weighted by Gasteiger charge is 2.56. The smallest absolute Gasteiger partial charge is 0.405 e. The molecule has 16 heavy (non-hydrogen) atoms. The molecule has 0 fully saturated rings. The standard InChI is InChI=1S/C7H12F3N3O3/c1-6(2,7(8,9)10)3(4(14)13-12)16-5(11)15/h3H,12H2,1-2H3,(H2,11,15)(H,13,14)/t3-/m1/s1. The molecule has 0 aliphatic rings. The summed E-state index contributed by atoms with van der Waals surface area (Å²) in [5.74, 6) is 3.40. The van der Waals surface area contributed by atoms with Crippen LogP contribution in [0.25, 0.3) is 0 Å². The fourth-order valence-corrected chi connectivity index (χ4v) is 0.869. The molecule has 1 atom stereocenters. The zero-order chi connectivity index (χ0) is 13.1. The second-order valence-electron chi connectivity index (χ2n) is 3.54. The van der Waals surface area contributed by atoms with Gasteiger partial charge in [0.1, 0.15) is 5.41 Å². The fourth-order valence-electron chi connectivity index (χ4n) is 0.869. The van der Waals surface area contributed by atoms with Gasteiger partial charge in [-0.3, -0.25) is 10.2 Å². The Morgan fingerprint density at radius 2 is 1.75 bits per heavy atom. The lowest BCUT2D eigenvalue weighted by atomic mass is 9.85. The van der Waals surface area contributed by atoms with Crippen molar-refractivity contribution in [2.45, 2.75) is 26.1 Å². The van der Waals surface area contributed by atoms with Crippen LogP contribution in [0.1, 0.15) is 13.8 Å². The number of carbonyl (C=O) groups is 2. The van der Waals surface area contributed by atoms with Crippen LogP contribution < -0.4 is 17.0 Å². The summed E-state index contributed by atoms with van der Waals surface area (Å²) in [6, 6.07) is 0. The van der Waals surface area contributed by atoms with Gasteiger partial charge in [0.2, 0.25) is 0 Å². The molecule has 0 aliphatic heterocycles. The maximum absolute atomic E-state index is 12.6. The second-order valence-corrected chi connectivity index (χ2v) is 3.54. The van der Waals surface area contributed by atoms with Crippen LogP contribution in [-0.4, -0.2) is 24.3 Å².